The van der Waals surface area contributed by atoms with E-state index >= 15 is 0 Å². The molecule has 2 heterocycles. The normalized spacial score (nSPS) is 10.5. The van der Waals surface area contributed by atoms with Gasteiger partial charge in [-0.2, -0.15) is 0 Å². The van der Waals surface area contributed by atoms with Crippen molar-refractivity contribution in [2.45, 2.75) is 38.6 Å². The fourth-order valence-corrected chi connectivity index (χ4v) is 2.75. The average Bonchev–Trinajstić information content (AvgIpc) is 3.19. The quantitative estimate of drug-likeness (QED) is 0.561. The smallest absolute Gasteiger partial charge is 0.311 e. The Bertz CT molecular complexity index is 624. The van der Waals surface area contributed by atoms with Crippen LogP contribution in [0.4, 0.5) is 5.13 Å². The number of imidazole rings is 1. The fourth-order valence-electron chi connectivity index (χ4n) is 2.02. The van der Waals surface area contributed by atoms with E-state index in [-0.39, 0.29) is 18.3 Å². The number of thiazole rings is 1. The third-order valence-electron chi connectivity index (χ3n) is 3.23. The molecule has 0 spiro atoms. The highest BCUT2D eigenvalue weighted by atomic mass is 32.1. The number of carbonyl (C=O) groups is 2. The lowest BCUT2D eigenvalue weighted by Crippen LogP contribution is -2.11. The number of methoxy groups -OCH3 is 1. The molecule has 7 nitrogen and oxygen atoms in total. The number of rotatable bonds is 9. The lowest BCUT2D eigenvalue weighted by molar-refractivity contribution is -0.139. The maximum atomic E-state index is 11.8. The largest absolute Gasteiger partial charge is 0.469 e. The van der Waals surface area contributed by atoms with Crippen LogP contribution in [0.2, 0.25) is 0 Å². The van der Waals surface area contributed by atoms with Crippen molar-refractivity contribution < 1.29 is 14.3 Å². The summed E-state index contributed by atoms with van der Waals surface area (Å²) >= 11 is 1.31. The maximum Gasteiger partial charge on any atom is 0.311 e. The first-order valence-electron chi connectivity index (χ1n) is 7.44. The Morgan fingerprint density at radius 1 is 1.35 bits per heavy atom. The minimum absolute atomic E-state index is 0.0494. The Hall–Kier alpha value is -2.22. The molecule has 2 aromatic rings. The second-order valence-corrected chi connectivity index (χ2v) is 5.91. The van der Waals surface area contributed by atoms with Crippen molar-refractivity contribution in [3.8, 4) is 0 Å². The number of hydrogen-bond donors (Lipinski definition) is 1. The number of anilines is 1. The van der Waals surface area contributed by atoms with Crippen LogP contribution in [-0.2, 0) is 27.3 Å². The molecule has 0 bridgehead atoms. The van der Waals surface area contributed by atoms with Crippen LogP contribution in [0.25, 0.3) is 0 Å². The first-order chi connectivity index (χ1) is 11.2. The standard InChI is InChI=1S/C15H20N4O3S/c1-22-14(21)9-12-10-23-15(17-12)18-13(20)5-3-2-4-7-19-8-6-16-11-19/h6,8,10-11H,2-5,7,9H2,1H3,(H,17,18,20). The van der Waals surface area contributed by atoms with Gasteiger partial charge in [0.05, 0.1) is 25.6 Å². The molecular weight excluding hydrogens is 316 g/mol. The monoisotopic (exact) mass is 336 g/mol. The second-order valence-electron chi connectivity index (χ2n) is 5.06. The Balaban J connectivity index is 1.61. The van der Waals surface area contributed by atoms with Gasteiger partial charge in [0, 0.05) is 30.7 Å². The maximum absolute atomic E-state index is 11.8. The number of carbonyl (C=O) groups excluding carboxylic acids is 2. The predicted octanol–water partition coefficient (Wildman–Crippen LogP) is 2.25. The number of hydrogen-bond acceptors (Lipinski definition) is 6. The van der Waals surface area contributed by atoms with E-state index in [4.69, 9.17) is 0 Å². The van der Waals surface area contributed by atoms with Crippen LogP contribution in [0.5, 0.6) is 0 Å². The van der Waals surface area contributed by atoms with Crippen molar-refractivity contribution >= 4 is 28.3 Å². The van der Waals surface area contributed by atoms with Crippen molar-refractivity contribution in [3.05, 3.63) is 29.8 Å². The predicted molar refractivity (Wildman–Crippen MR) is 87.2 cm³/mol. The molecule has 0 aliphatic heterocycles. The molecule has 0 saturated heterocycles. The number of esters is 1. The van der Waals surface area contributed by atoms with E-state index in [1.165, 1.54) is 18.4 Å². The number of amides is 1. The minimum Gasteiger partial charge on any atom is -0.469 e. The lowest BCUT2D eigenvalue weighted by atomic mass is 10.2. The molecule has 124 valence electrons. The zero-order valence-corrected chi connectivity index (χ0v) is 13.8. The second kappa shape index (κ2) is 9.04. The Morgan fingerprint density at radius 2 is 2.22 bits per heavy atom. The number of nitrogens with one attached hydrogen (secondary N) is 1. The number of aromatic nitrogens is 3. The van der Waals surface area contributed by atoms with Gasteiger partial charge in [0.1, 0.15) is 0 Å². The van der Waals surface area contributed by atoms with Crippen LogP contribution >= 0.6 is 11.3 Å². The summed E-state index contributed by atoms with van der Waals surface area (Å²) in [7, 11) is 1.34. The van der Waals surface area contributed by atoms with Gasteiger partial charge in [-0.1, -0.05) is 6.42 Å². The van der Waals surface area contributed by atoms with Crippen LogP contribution in [0.1, 0.15) is 31.4 Å². The third kappa shape index (κ3) is 6.19. The number of ether oxygens (including phenoxy) is 1. The van der Waals surface area contributed by atoms with E-state index < -0.39 is 0 Å². The summed E-state index contributed by atoms with van der Waals surface area (Å²) in [5, 5.41) is 5.03. The first-order valence-corrected chi connectivity index (χ1v) is 8.32. The van der Waals surface area contributed by atoms with Gasteiger partial charge in [-0.15, -0.1) is 11.3 Å². The molecule has 0 aliphatic rings. The molecule has 0 saturated carbocycles. The molecule has 8 heteroatoms. The zero-order valence-electron chi connectivity index (χ0n) is 13.0. The fraction of sp³-hybridized carbons (Fsp3) is 0.467. The Morgan fingerprint density at radius 3 is 2.96 bits per heavy atom. The summed E-state index contributed by atoms with van der Waals surface area (Å²) in [6, 6.07) is 0. The molecule has 1 N–H and O–H groups in total. The number of nitrogens with zero attached hydrogens (tertiary/aromatic N) is 3. The van der Waals surface area contributed by atoms with E-state index in [1.54, 1.807) is 17.9 Å². The van der Waals surface area contributed by atoms with Crippen molar-refractivity contribution in [3.63, 3.8) is 0 Å². The summed E-state index contributed by atoms with van der Waals surface area (Å²) < 4.78 is 6.61. The highest BCUT2D eigenvalue weighted by molar-refractivity contribution is 7.13. The highest BCUT2D eigenvalue weighted by Gasteiger charge is 2.09. The molecule has 2 aromatic heterocycles. The van der Waals surface area contributed by atoms with Gasteiger partial charge in [0.15, 0.2) is 5.13 Å². The van der Waals surface area contributed by atoms with Crippen molar-refractivity contribution in [1.82, 2.24) is 14.5 Å². The molecule has 0 atom stereocenters. The van der Waals surface area contributed by atoms with Crippen molar-refractivity contribution in [2.24, 2.45) is 0 Å². The van der Waals surface area contributed by atoms with Crippen LogP contribution < -0.4 is 5.32 Å². The van der Waals surface area contributed by atoms with Gasteiger partial charge in [-0.05, 0) is 12.8 Å². The summed E-state index contributed by atoms with van der Waals surface area (Å²) in [4.78, 5) is 31.2. The summed E-state index contributed by atoms with van der Waals surface area (Å²) in [5.74, 6) is -0.391. The zero-order chi connectivity index (χ0) is 16.5. The van der Waals surface area contributed by atoms with E-state index in [1.807, 2.05) is 10.8 Å². The van der Waals surface area contributed by atoms with Crippen LogP contribution in [0, 0.1) is 0 Å². The van der Waals surface area contributed by atoms with Crippen LogP contribution in [-0.4, -0.2) is 33.5 Å². The number of unbranched alkanes of at least 4 members (excludes halogenated alkanes) is 2. The van der Waals surface area contributed by atoms with E-state index in [0.29, 0.717) is 17.2 Å². The van der Waals surface area contributed by atoms with Gasteiger partial charge in [0.25, 0.3) is 0 Å². The summed E-state index contributed by atoms with van der Waals surface area (Å²) in [6.45, 7) is 0.922. The SMILES string of the molecule is COC(=O)Cc1csc(NC(=O)CCCCCn2ccnc2)n1. The molecule has 0 aliphatic carbocycles. The molecule has 1 amide bonds. The van der Waals surface area contributed by atoms with Crippen molar-refractivity contribution in [1.29, 1.82) is 0 Å². The van der Waals surface area contributed by atoms with Gasteiger partial charge in [0.2, 0.25) is 5.91 Å². The Kier molecular flexibility index (Phi) is 6.74. The van der Waals surface area contributed by atoms with Crippen LogP contribution in [0.15, 0.2) is 24.1 Å². The third-order valence-corrected chi connectivity index (χ3v) is 4.04. The number of aryl methyl sites for hydroxylation is 1. The topological polar surface area (TPSA) is 86.1 Å². The van der Waals surface area contributed by atoms with Crippen molar-refractivity contribution in [2.75, 3.05) is 12.4 Å². The van der Waals surface area contributed by atoms with Crippen LogP contribution in [0.3, 0.4) is 0 Å². The molecule has 0 unspecified atom stereocenters. The molecule has 2 rings (SSSR count). The van der Waals surface area contributed by atoms with E-state index in [2.05, 4.69) is 20.0 Å². The minimum atomic E-state index is -0.342. The molecular formula is C15H20N4O3S. The highest BCUT2D eigenvalue weighted by Crippen LogP contribution is 2.16. The van der Waals surface area contributed by atoms with Gasteiger partial charge < -0.3 is 14.6 Å². The average molecular weight is 336 g/mol. The summed E-state index contributed by atoms with van der Waals surface area (Å²) in [5.41, 5.74) is 0.609. The Labute approximate surface area is 138 Å². The first kappa shape index (κ1) is 17.1. The lowest BCUT2D eigenvalue weighted by Gasteiger charge is -2.03. The molecule has 23 heavy (non-hydrogen) atoms. The van der Waals surface area contributed by atoms with Gasteiger partial charge in [-0.25, -0.2) is 9.97 Å². The molecule has 0 aromatic carbocycles. The van der Waals surface area contributed by atoms with Gasteiger partial charge in [-0.3, -0.25) is 9.59 Å². The van der Waals surface area contributed by atoms with E-state index in [0.717, 1.165) is 25.8 Å². The summed E-state index contributed by atoms with van der Waals surface area (Å²) in [6.07, 6.45) is 8.91. The van der Waals surface area contributed by atoms with E-state index in [9.17, 15) is 9.59 Å². The van der Waals surface area contributed by atoms with Gasteiger partial charge >= 0.3 is 5.97 Å². The molecule has 0 radical (unpaired) electrons. The molecule has 0 fully saturated rings.